The van der Waals surface area contributed by atoms with Crippen molar-refractivity contribution in [2.45, 2.75) is 38.8 Å². The Morgan fingerprint density at radius 2 is 2.11 bits per heavy atom. The van der Waals surface area contributed by atoms with Crippen LogP contribution in [0.3, 0.4) is 0 Å². The summed E-state index contributed by atoms with van der Waals surface area (Å²) in [6.07, 6.45) is 3.99. The second kappa shape index (κ2) is 4.84. The molecule has 2 unspecified atom stereocenters. The van der Waals surface area contributed by atoms with Gasteiger partial charge in [0.25, 0.3) is 0 Å². The van der Waals surface area contributed by atoms with E-state index in [1.54, 1.807) is 0 Å². The average Bonchev–Trinajstić information content (AvgIpc) is 3.27. The van der Waals surface area contributed by atoms with Crippen molar-refractivity contribution in [3.8, 4) is 0 Å². The quantitative estimate of drug-likeness (QED) is 0.831. The zero-order valence-electron chi connectivity index (χ0n) is 11.3. The maximum Gasteiger partial charge on any atom is 0.150 e. The number of nitrogens with zero attached hydrogens (tertiary/aromatic N) is 3. The Kier molecular flexibility index (Phi) is 3.20. The number of hydrogen-bond donors (Lipinski definition) is 1. The van der Waals surface area contributed by atoms with Gasteiger partial charge < -0.3 is 10.2 Å². The van der Waals surface area contributed by atoms with E-state index in [0.29, 0.717) is 0 Å². The Bertz CT molecular complexity index is 399. The molecule has 4 heteroatoms. The first kappa shape index (κ1) is 11.9. The van der Waals surface area contributed by atoms with Crippen LogP contribution in [0.4, 0.5) is 5.82 Å². The first-order chi connectivity index (χ1) is 8.72. The van der Waals surface area contributed by atoms with E-state index in [1.165, 1.54) is 19.3 Å². The van der Waals surface area contributed by atoms with E-state index < -0.39 is 0 Å². The molecule has 2 atom stereocenters. The summed E-state index contributed by atoms with van der Waals surface area (Å²) in [7, 11) is 2.11. The lowest BCUT2D eigenvalue weighted by molar-refractivity contribution is 0.661. The van der Waals surface area contributed by atoms with Gasteiger partial charge in [0.2, 0.25) is 0 Å². The summed E-state index contributed by atoms with van der Waals surface area (Å²) in [4.78, 5) is 2.22. The van der Waals surface area contributed by atoms with Crippen LogP contribution >= 0.6 is 0 Å². The number of aromatic nitrogens is 2. The van der Waals surface area contributed by atoms with Crippen LogP contribution in [-0.2, 0) is 6.54 Å². The van der Waals surface area contributed by atoms with Gasteiger partial charge in [0.1, 0.15) is 0 Å². The minimum atomic E-state index is 0.727. The largest absolute Gasteiger partial charge is 0.358 e. The highest BCUT2D eigenvalue weighted by molar-refractivity contribution is 5.36. The molecule has 2 saturated carbocycles. The molecule has 98 valence electrons. The maximum atomic E-state index is 4.32. The molecule has 0 amide bonds. The third-order valence-electron chi connectivity index (χ3n) is 4.03. The molecule has 18 heavy (non-hydrogen) atoms. The van der Waals surface area contributed by atoms with E-state index >= 15 is 0 Å². The summed E-state index contributed by atoms with van der Waals surface area (Å²) >= 11 is 0. The number of hydrogen-bond acceptors (Lipinski definition) is 4. The average molecular weight is 246 g/mol. The van der Waals surface area contributed by atoms with Crippen LogP contribution in [0.5, 0.6) is 0 Å². The highest BCUT2D eigenvalue weighted by atomic mass is 15.2. The van der Waals surface area contributed by atoms with Crippen molar-refractivity contribution in [3.05, 3.63) is 17.8 Å². The molecule has 0 aliphatic heterocycles. The molecule has 3 rings (SSSR count). The SMILES string of the molecule is CC1CC1CN(C)c1ccc(CNC2CC2)nn1. The summed E-state index contributed by atoms with van der Waals surface area (Å²) in [6, 6.07) is 4.90. The lowest BCUT2D eigenvalue weighted by Crippen LogP contribution is -2.22. The van der Waals surface area contributed by atoms with Gasteiger partial charge in [-0.25, -0.2) is 0 Å². The zero-order chi connectivity index (χ0) is 12.5. The lowest BCUT2D eigenvalue weighted by Gasteiger charge is -2.17. The van der Waals surface area contributed by atoms with E-state index in [4.69, 9.17) is 0 Å². The topological polar surface area (TPSA) is 41.0 Å². The van der Waals surface area contributed by atoms with E-state index in [1.807, 2.05) is 0 Å². The Hall–Kier alpha value is -1.16. The standard InChI is InChI=1S/C14H22N4/c1-10-7-11(10)9-18(2)14-6-5-13(16-17-14)8-15-12-3-4-12/h5-6,10-12,15H,3-4,7-9H2,1-2H3. The van der Waals surface area contributed by atoms with E-state index in [-0.39, 0.29) is 0 Å². The fraction of sp³-hybridized carbons (Fsp3) is 0.714. The van der Waals surface area contributed by atoms with Crippen LogP contribution in [0, 0.1) is 11.8 Å². The van der Waals surface area contributed by atoms with Gasteiger partial charge in [-0.1, -0.05) is 6.92 Å². The summed E-state index contributed by atoms with van der Waals surface area (Å²) in [5.41, 5.74) is 1.04. The highest BCUT2D eigenvalue weighted by Gasteiger charge is 2.33. The Labute approximate surface area is 109 Å². The van der Waals surface area contributed by atoms with Crippen LogP contribution < -0.4 is 10.2 Å². The summed E-state index contributed by atoms with van der Waals surface area (Å²) < 4.78 is 0. The predicted molar refractivity (Wildman–Crippen MR) is 72.4 cm³/mol. The van der Waals surface area contributed by atoms with Crippen LogP contribution in [0.15, 0.2) is 12.1 Å². The van der Waals surface area contributed by atoms with Crippen LogP contribution in [0.1, 0.15) is 31.9 Å². The monoisotopic (exact) mass is 246 g/mol. The van der Waals surface area contributed by atoms with Crippen molar-refractivity contribution >= 4 is 5.82 Å². The number of nitrogens with one attached hydrogen (secondary N) is 1. The van der Waals surface area contributed by atoms with E-state index in [2.05, 4.69) is 46.5 Å². The van der Waals surface area contributed by atoms with Gasteiger partial charge in [-0.05, 0) is 43.2 Å². The first-order valence-electron chi connectivity index (χ1n) is 6.99. The zero-order valence-corrected chi connectivity index (χ0v) is 11.3. The third-order valence-corrected chi connectivity index (χ3v) is 4.03. The number of anilines is 1. The fourth-order valence-corrected chi connectivity index (χ4v) is 2.29. The molecule has 2 aliphatic carbocycles. The Balaban J connectivity index is 1.52. The molecule has 1 aromatic heterocycles. The van der Waals surface area contributed by atoms with Crippen LogP contribution in [0.2, 0.25) is 0 Å². The minimum Gasteiger partial charge on any atom is -0.358 e. The smallest absolute Gasteiger partial charge is 0.150 e. The summed E-state index contributed by atoms with van der Waals surface area (Å²) in [5, 5.41) is 12.1. The van der Waals surface area contributed by atoms with Gasteiger partial charge in [-0.2, -0.15) is 5.10 Å². The van der Waals surface area contributed by atoms with Crippen molar-refractivity contribution in [2.75, 3.05) is 18.5 Å². The van der Waals surface area contributed by atoms with Gasteiger partial charge in [0, 0.05) is 26.2 Å². The predicted octanol–water partition coefficient (Wildman–Crippen LogP) is 1.82. The Morgan fingerprint density at radius 3 is 2.67 bits per heavy atom. The molecule has 4 nitrogen and oxygen atoms in total. The molecule has 1 aromatic rings. The second-order valence-electron chi connectivity index (χ2n) is 5.89. The van der Waals surface area contributed by atoms with Crippen LogP contribution in [-0.4, -0.2) is 29.8 Å². The first-order valence-corrected chi connectivity index (χ1v) is 6.99. The number of rotatable bonds is 6. The Morgan fingerprint density at radius 1 is 1.33 bits per heavy atom. The molecule has 0 aromatic carbocycles. The van der Waals surface area contributed by atoms with E-state index in [9.17, 15) is 0 Å². The minimum absolute atomic E-state index is 0.727. The molecule has 1 N–H and O–H groups in total. The molecule has 1 heterocycles. The maximum absolute atomic E-state index is 4.32. The normalized spacial score (nSPS) is 26.1. The van der Waals surface area contributed by atoms with Crippen molar-refractivity contribution < 1.29 is 0 Å². The van der Waals surface area contributed by atoms with Gasteiger partial charge in [0.15, 0.2) is 5.82 Å². The van der Waals surface area contributed by atoms with Gasteiger partial charge >= 0.3 is 0 Å². The third kappa shape index (κ3) is 2.99. The lowest BCUT2D eigenvalue weighted by atomic mass is 10.3. The molecule has 0 radical (unpaired) electrons. The molecule has 0 bridgehead atoms. The second-order valence-corrected chi connectivity index (χ2v) is 5.89. The summed E-state index contributed by atoms with van der Waals surface area (Å²) in [5.74, 6) is 2.74. The molecular weight excluding hydrogens is 224 g/mol. The van der Waals surface area contributed by atoms with Crippen molar-refractivity contribution in [2.24, 2.45) is 11.8 Å². The summed E-state index contributed by atoms with van der Waals surface area (Å²) in [6.45, 7) is 4.27. The van der Waals surface area contributed by atoms with E-state index in [0.717, 1.165) is 42.5 Å². The van der Waals surface area contributed by atoms with Crippen molar-refractivity contribution in [3.63, 3.8) is 0 Å². The fourth-order valence-electron chi connectivity index (χ4n) is 2.29. The molecule has 0 spiro atoms. The molecule has 2 fully saturated rings. The van der Waals surface area contributed by atoms with Gasteiger partial charge in [0.05, 0.1) is 5.69 Å². The van der Waals surface area contributed by atoms with Crippen LogP contribution in [0.25, 0.3) is 0 Å². The molecule has 2 aliphatic rings. The van der Waals surface area contributed by atoms with Crippen molar-refractivity contribution in [1.82, 2.24) is 15.5 Å². The molecule has 0 saturated heterocycles. The highest BCUT2D eigenvalue weighted by Crippen LogP contribution is 2.38. The van der Waals surface area contributed by atoms with Gasteiger partial charge in [-0.15, -0.1) is 5.10 Å². The van der Waals surface area contributed by atoms with Crippen molar-refractivity contribution in [1.29, 1.82) is 0 Å². The molecular formula is C14H22N4. The van der Waals surface area contributed by atoms with Gasteiger partial charge in [-0.3, -0.25) is 0 Å².